The average Bonchev–Trinajstić information content (AvgIpc) is 2.65. The predicted octanol–water partition coefficient (Wildman–Crippen LogP) is 4.05. The summed E-state index contributed by atoms with van der Waals surface area (Å²) >= 11 is 5.95. The number of carbonyl (C=O) groups excluding carboxylic acids is 2. The van der Waals surface area contributed by atoms with Crippen molar-refractivity contribution in [2.75, 3.05) is 7.11 Å². The molecule has 26 heavy (non-hydrogen) atoms. The number of methoxy groups -OCH3 is 1. The van der Waals surface area contributed by atoms with Crippen LogP contribution in [0.25, 0.3) is 0 Å². The van der Waals surface area contributed by atoms with E-state index in [0.29, 0.717) is 22.8 Å². The Balaban J connectivity index is 2.02. The minimum atomic E-state index is -0.584. The van der Waals surface area contributed by atoms with Gasteiger partial charge in [0.15, 0.2) is 0 Å². The fourth-order valence-corrected chi connectivity index (χ4v) is 3.14. The molecule has 0 spiro atoms. The lowest BCUT2D eigenvalue weighted by molar-refractivity contribution is -0.136. The van der Waals surface area contributed by atoms with Gasteiger partial charge in [-0.2, -0.15) is 0 Å². The number of carbonyl (C=O) groups is 2. The first-order valence-corrected chi connectivity index (χ1v) is 8.55. The zero-order valence-corrected chi connectivity index (χ0v) is 15.3. The summed E-state index contributed by atoms with van der Waals surface area (Å²) in [4.78, 5) is 26.7. The van der Waals surface area contributed by atoms with E-state index in [4.69, 9.17) is 16.3 Å². The van der Waals surface area contributed by atoms with E-state index in [1.54, 1.807) is 36.1 Å². The summed E-state index contributed by atoms with van der Waals surface area (Å²) in [6.45, 7) is 2.13. The van der Waals surface area contributed by atoms with Crippen molar-refractivity contribution in [1.82, 2.24) is 10.2 Å². The first-order chi connectivity index (χ1) is 12.5. The van der Waals surface area contributed by atoms with Crippen LogP contribution in [0.4, 0.5) is 4.79 Å². The summed E-state index contributed by atoms with van der Waals surface area (Å²) in [7, 11) is 1.33. The van der Waals surface area contributed by atoms with Gasteiger partial charge in [0.05, 0.1) is 25.3 Å². The van der Waals surface area contributed by atoms with Crippen molar-refractivity contribution >= 4 is 23.6 Å². The maximum absolute atomic E-state index is 12.7. The predicted molar refractivity (Wildman–Crippen MR) is 99.4 cm³/mol. The Bertz CT molecular complexity index is 847. The molecule has 2 amide bonds. The van der Waals surface area contributed by atoms with Crippen LogP contribution in [-0.2, 0) is 16.1 Å². The van der Waals surface area contributed by atoms with E-state index in [2.05, 4.69) is 5.32 Å². The fourth-order valence-electron chi connectivity index (χ4n) is 3.02. The monoisotopic (exact) mass is 370 g/mol. The number of nitrogens with one attached hydrogen (secondary N) is 1. The Morgan fingerprint density at radius 2 is 1.81 bits per heavy atom. The van der Waals surface area contributed by atoms with Gasteiger partial charge in [-0.25, -0.2) is 9.59 Å². The molecule has 0 saturated carbocycles. The van der Waals surface area contributed by atoms with Crippen LogP contribution in [0.2, 0.25) is 5.02 Å². The van der Waals surface area contributed by atoms with Gasteiger partial charge >= 0.3 is 12.0 Å². The van der Waals surface area contributed by atoms with Gasteiger partial charge in [-0.05, 0) is 30.2 Å². The molecule has 1 atom stereocenters. The molecule has 0 saturated heterocycles. The Kier molecular flexibility index (Phi) is 5.28. The van der Waals surface area contributed by atoms with Gasteiger partial charge in [-0.15, -0.1) is 0 Å². The minimum Gasteiger partial charge on any atom is -0.466 e. The number of rotatable bonds is 4. The number of allylic oxidation sites excluding steroid dienone is 1. The highest BCUT2D eigenvalue weighted by molar-refractivity contribution is 6.30. The molecule has 1 heterocycles. The van der Waals surface area contributed by atoms with Gasteiger partial charge in [0.2, 0.25) is 0 Å². The molecular weight excluding hydrogens is 352 g/mol. The van der Waals surface area contributed by atoms with Crippen molar-refractivity contribution in [2.45, 2.75) is 19.5 Å². The van der Waals surface area contributed by atoms with Crippen LogP contribution in [-0.4, -0.2) is 24.0 Å². The Hall–Kier alpha value is -2.79. The van der Waals surface area contributed by atoms with Gasteiger partial charge in [-0.1, -0.05) is 54.1 Å². The molecule has 0 radical (unpaired) electrons. The van der Waals surface area contributed by atoms with E-state index in [0.717, 1.165) is 11.1 Å². The zero-order chi connectivity index (χ0) is 18.7. The molecule has 6 heteroatoms. The van der Waals surface area contributed by atoms with Gasteiger partial charge < -0.3 is 10.1 Å². The summed E-state index contributed by atoms with van der Waals surface area (Å²) in [5.74, 6) is -0.472. The second kappa shape index (κ2) is 7.62. The third-order valence-corrected chi connectivity index (χ3v) is 4.64. The molecule has 0 unspecified atom stereocenters. The van der Waals surface area contributed by atoms with Gasteiger partial charge in [0.1, 0.15) is 0 Å². The van der Waals surface area contributed by atoms with E-state index in [-0.39, 0.29) is 6.03 Å². The minimum absolute atomic E-state index is 0.265. The Morgan fingerprint density at radius 3 is 2.42 bits per heavy atom. The highest BCUT2D eigenvalue weighted by Crippen LogP contribution is 2.32. The molecule has 3 rings (SSSR count). The molecule has 0 aromatic heterocycles. The normalized spacial score (nSPS) is 17.1. The molecule has 1 aliphatic rings. The molecule has 1 N–H and O–H groups in total. The number of urea groups is 1. The molecule has 1 aliphatic heterocycles. The van der Waals surface area contributed by atoms with Crippen LogP contribution in [0.5, 0.6) is 0 Å². The van der Waals surface area contributed by atoms with Gasteiger partial charge in [0, 0.05) is 10.7 Å². The van der Waals surface area contributed by atoms with Gasteiger partial charge in [-0.3, -0.25) is 4.90 Å². The number of ether oxygens (including phenoxy) is 1. The number of amides is 2. The smallest absolute Gasteiger partial charge is 0.337 e. The van der Waals surface area contributed by atoms with Crippen molar-refractivity contribution in [3.8, 4) is 0 Å². The largest absolute Gasteiger partial charge is 0.466 e. The van der Waals surface area contributed by atoms with Crippen LogP contribution in [0.15, 0.2) is 65.9 Å². The second-order valence-corrected chi connectivity index (χ2v) is 6.43. The van der Waals surface area contributed by atoms with Crippen molar-refractivity contribution < 1.29 is 14.3 Å². The van der Waals surface area contributed by atoms with Crippen molar-refractivity contribution in [1.29, 1.82) is 0 Å². The molecule has 2 aromatic rings. The van der Waals surface area contributed by atoms with Crippen LogP contribution in [0.1, 0.15) is 24.1 Å². The van der Waals surface area contributed by atoms with Crippen molar-refractivity contribution in [3.05, 3.63) is 82.0 Å². The van der Waals surface area contributed by atoms with Gasteiger partial charge in [0.25, 0.3) is 0 Å². The van der Waals surface area contributed by atoms with E-state index in [1.807, 2.05) is 30.3 Å². The number of esters is 1. The standard InChI is InChI=1S/C20H19ClN2O3/c1-13-17(19(24)26-2)18(15-8-10-16(21)11-9-15)22-20(25)23(13)12-14-6-4-3-5-7-14/h3-11,18H,12H2,1-2H3,(H,22,25)/t18-/m0/s1. The third kappa shape index (κ3) is 3.58. The molecule has 5 nitrogen and oxygen atoms in total. The summed E-state index contributed by atoms with van der Waals surface area (Å²) in [5.41, 5.74) is 2.72. The highest BCUT2D eigenvalue weighted by atomic mass is 35.5. The maximum atomic E-state index is 12.7. The molecule has 0 fully saturated rings. The number of hydrogen-bond acceptors (Lipinski definition) is 3. The molecule has 2 aromatic carbocycles. The number of benzene rings is 2. The van der Waals surface area contributed by atoms with Crippen molar-refractivity contribution in [2.24, 2.45) is 0 Å². The summed E-state index contributed by atoms with van der Waals surface area (Å²) in [5, 5.41) is 3.49. The SMILES string of the molecule is COC(=O)C1=C(C)N(Cc2ccccc2)C(=O)N[C@H]1c1ccc(Cl)cc1. The molecular formula is C20H19ClN2O3. The third-order valence-electron chi connectivity index (χ3n) is 4.39. The lowest BCUT2D eigenvalue weighted by atomic mass is 9.94. The summed E-state index contributed by atoms with van der Waals surface area (Å²) < 4.78 is 4.97. The van der Waals surface area contributed by atoms with Crippen LogP contribution >= 0.6 is 11.6 Å². The van der Waals surface area contributed by atoms with Crippen LogP contribution in [0, 0.1) is 0 Å². The lowest BCUT2D eigenvalue weighted by Crippen LogP contribution is -2.47. The molecule has 0 bridgehead atoms. The number of halogens is 1. The molecule has 0 aliphatic carbocycles. The second-order valence-electron chi connectivity index (χ2n) is 6.00. The zero-order valence-electron chi connectivity index (χ0n) is 14.5. The maximum Gasteiger partial charge on any atom is 0.337 e. The number of hydrogen-bond donors (Lipinski definition) is 1. The number of nitrogens with zero attached hydrogens (tertiary/aromatic N) is 1. The van der Waals surface area contributed by atoms with Crippen molar-refractivity contribution in [3.63, 3.8) is 0 Å². The van der Waals surface area contributed by atoms with E-state index >= 15 is 0 Å². The highest BCUT2D eigenvalue weighted by Gasteiger charge is 2.36. The topological polar surface area (TPSA) is 58.6 Å². The van der Waals surface area contributed by atoms with Crippen LogP contribution in [0.3, 0.4) is 0 Å². The quantitative estimate of drug-likeness (QED) is 0.826. The average molecular weight is 371 g/mol. The summed E-state index contributed by atoms with van der Waals surface area (Å²) in [6, 6.07) is 15.8. The first kappa shape index (κ1) is 18.0. The summed E-state index contributed by atoms with van der Waals surface area (Å²) in [6.07, 6.45) is 0. The fraction of sp³-hybridized carbons (Fsp3) is 0.200. The molecule has 134 valence electrons. The van der Waals surface area contributed by atoms with E-state index in [9.17, 15) is 9.59 Å². The van der Waals surface area contributed by atoms with Crippen LogP contribution < -0.4 is 5.32 Å². The Morgan fingerprint density at radius 1 is 1.15 bits per heavy atom. The lowest BCUT2D eigenvalue weighted by Gasteiger charge is -2.35. The van der Waals surface area contributed by atoms with E-state index < -0.39 is 12.0 Å². The Labute approximate surface area is 157 Å². The first-order valence-electron chi connectivity index (χ1n) is 8.17. The van der Waals surface area contributed by atoms with E-state index in [1.165, 1.54) is 7.11 Å².